The monoisotopic (exact) mass is 1490 g/mol. The Morgan fingerprint density at radius 2 is 0.638 bits per heavy atom. The minimum atomic E-state index is -1.98. The average molecular weight is 1490 g/mol. The van der Waals surface area contributed by atoms with Crippen molar-refractivity contribution in [2.24, 2.45) is 0 Å². The van der Waals surface area contributed by atoms with Crippen LogP contribution in [0.25, 0.3) is 0 Å². The van der Waals surface area contributed by atoms with Crippen LogP contribution in [-0.4, -0.2) is 193 Å². The molecule has 17 unspecified atom stereocenters. The number of carbonyl (C=O) groups is 1. The number of ether oxygens (including phenoxy) is 6. The largest absolute Gasteiger partial charge is 0.394 e. The van der Waals surface area contributed by atoms with E-state index in [9.17, 15) is 61.0 Å². The van der Waals surface area contributed by atoms with Crippen molar-refractivity contribution in [2.75, 3.05) is 26.4 Å². The van der Waals surface area contributed by atoms with Crippen LogP contribution >= 0.6 is 0 Å². The van der Waals surface area contributed by atoms with Crippen LogP contribution in [0.15, 0.2) is 60.8 Å². The molecule has 0 radical (unpaired) electrons. The smallest absolute Gasteiger partial charge is 0.220 e. The Morgan fingerprint density at radius 3 is 1.02 bits per heavy atom. The van der Waals surface area contributed by atoms with E-state index in [1.54, 1.807) is 6.08 Å². The van der Waals surface area contributed by atoms with Gasteiger partial charge in [0.05, 0.1) is 38.6 Å². The molecule has 0 saturated carbocycles. The molecule has 3 saturated heterocycles. The lowest BCUT2D eigenvalue weighted by Gasteiger charge is -2.48. The van der Waals surface area contributed by atoms with Crippen LogP contribution < -0.4 is 5.32 Å². The predicted octanol–water partition coefficient (Wildman–Crippen LogP) is 15.4. The topological polar surface area (TPSA) is 307 Å². The van der Waals surface area contributed by atoms with Gasteiger partial charge >= 0.3 is 0 Å². The summed E-state index contributed by atoms with van der Waals surface area (Å²) in [6, 6.07) is -0.991. The third-order valence-corrected chi connectivity index (χ3v) is 21.3. The highest BCUT2D eigenvalue weighted by molar-refractivity contribution is 5.76. The number of carbonyl (C=O) groups excluding carboxylic acids is 1. The Morgan fingerprint density at radius 1 is 0.343 bits per heavy atom. The molecule has 3 aliphatic heterocycles. The van der Waals surface area contributed by atoms with Crippen molar-refractivity contribution in [2.45, 2.75) is 452 Å². The quantitative estimate of drug-likeness (QED) is 0.0199. The first-order valence-electron chi connectivity index (χ1n) is 43.0. The van der Waals surface area contributed by atoms with Gasteiger partial charge < -0.3 is 89.9 Å². The van der Waals surface area contributed by atoms with Crippen molar-refractivity contribution in [1.82, 2.24) is 5.32 Å². The van der Waals surface area contributed by atoms with Gasteiger partial charge in [-0.1, -0.05) is 331 Å². The van der Waals surface area contributed by atoms with E-state index < -0.39 is 124 Å². The van der Waals surface area contributed by atoms with Crippen LogP contribution in [0.2, 0.25) is 0 Å². The molecule has 17 atom stereocenters. The molecule has 0 spiro atoms. The second-order valence-electron chi connectivity index (χ2n) is 30.6. The number of hydrogen-bond donors (Lipinski definition) is 12. The Bertz CT molecular complexity index is 2130. The van der Waals surface area contributed by atoms with E-state index in [4.69, 9.17) is 28.4 Å². The lowest BCUT2D eigenvalue weighted by atomic mass is 9.96. The molecule has 3 fully saturated rings. The minimum Gasteiger partial charge on any atom is -0.394 e. The molecule has 12 N–H and O–H groups in total. The van der Waals surface area contributed by atoms with Gasteiger partial charge in [-0.3, -0.25) is 4.79 Å². The number of aliphatic hydroxyl groups excluding tert-OH is 11. The Labute approximate surface area is 636 Å². The van der Waals surface area contributed by atoms with Gasteiger partial charge in [0.2, 0.25) is 5.91 Å². The van der Waals surface area contributed by atoms with E-state index in [1.165, 1.54) is 263 Å². The number of aliphatic hydroxyl groups is 11. The first-order valence-corrected chi connectivity index (χ1v) is 43.0. The van der Waals surface area contributed by atoms with Crippen molar-refractivity contribution >= 4 is 5.91 Å². The van der Waals surface area contributed by atoms with E-state index >= 15 is 0 Å². The van der Waals surface area contributed by atoms with Crippen molar-refractivity contribution in [3.8, 4) is 0 Å². The maximum Gasteiger partial charge on any atom is 0.220 e. The Hall–Kier alpha value is -2.51. The number of amides is 1. The number of nitrogens with one attached hydrogen (secondary N) is 1. The number of hydrogen-bond acceptors (Lipinski definition) is 18. The highest BCUT2D eigenvalue weighted by Gasteiger charge is 2.54. The van der Waals surface area contributed by atoms with Crippen molar-refractivity contribution in [3.05, 3.63) is 60.8 Å². The summed E-state index contributed by atoms with van der Waals surface area (Å²) in [4.78, 5) is 13.5. The minimum absolute atomic E-state index is 0.238. The summed E-state index contributed by atoms with van der Waals surface area (Å²) in [5.41, 5.74) is 0. The third kappa shape index (κ3) is 45.6. The molecule has 3 rings (SSSR count). The summed E-state index contributed by atoms with van der Waals surface area (Å²) in [6.07, 6.45) is 59.5. The number of allylic oxidation sites excluding steroid dienone is 9. The zero-order chi connectivity index (χ0) is 76.0. The molecule has 3 aliphatic rings. The average Bonchev–Trinajstić information content (AvgIpc) is 0.780. The molecule has 0 aromatic heterocycles. The summed E-state index contributed by atoms with van der Waals surface area (Å²) in [6.45, 7) is 1.75. The van der Waals surface area contributed by atoms with E-state index in [-0.39, 0.29) is 18.9 Å². The van der Waals surface area contributed by atoms with E-state index in [0.29, 0.717) is 12.8 Å². The van der Waals surface area contributed by atoms with Gasteiger partial charge in [0.1, 0.15) is 73.2 Å². The highest BCUT2D eigenvalue weighted by atomic mass is 16.8. The van der Waals surface area contributed by atoms with E-state index in [2.05, 4.69) is 67.8 Å². The van der Waals surface area contributed by atoms with Crippen LogP contribution in [0.1, 0.15) is 348 Å². The standard InChI is InChI=1S/C86H157NO18/c1-3-5-7-9-11-13-15-17-19-21-23-25-26-27-28-29-30-31-32-33-34-35-36-37-38-39-40-41-42-44-46-48-50-52-54-56-58-60-62-64-74(92)87-69(70(91)63-61-59-57-55-53-51-49-47-45-43-24-22-20-18-16-14-12-10-8-6-4-2)68-100-84-80(98)77(95)82(72(66-89)102-84)105-86-81(99)78(96)83(73(67-90)103-86)104-85-79(97)76(94)75(93)71(65-88)101-85/h15,17,21,23,26-27,53,55,61,63,69-73,75-86,88-91,93-99H,3-14,16,18-20,22,24-25,28-52,54,56-60,62,64-68H2,1-2H3,(H,87,92)/b17-15-,23-21-,27-26-,55-53+,63-61+. The van der Waals surface area contributed by atoms with Gasteiger partial charge in [-0.15, -0.1) is 0 Å². The van der Waals surface area contributed by atoms with Gasteiger partial charge in [-0.25, -0.2) is 0 Å². The van der Waals surface area contributed by atoms with E-state index in [1.807, 2.05) is 6.08 Å². The Kier molecular flexibility index (Phi) is 60.9. The second kappa shape index (κ2) is 66.1. The van der Waals surface area contributed by atoms with Gasteiger partial charge in [-0.05, 0) is 70.6 Å². The molecule has 19 nitrogen and oxygen atoms in total. The summed E-state index contributed by atoms with van der Waals surface area (Å²) >= 11 is 0. The lowest BCUT2D eigenvalue weighted by molar-refractivity contribution is -0.379. The van der Waals surface area contributed by atoms with Crippen LogP contribution in [0.5, 0.6) is 0 Å². The van der Waals surface area contributed by atoms with Crippen molar-refractivity contribution in [3.63, 3.8) is 0 Å². The highest BCUT2D eigenvalue weighted by Crippen LogP contribution is 2.33. The van der Waals surface area contributed by atoms with Crippen LogP contribution in [0.3, 0.4) is 0 Å². The van der Waals surface area contributed by atoms with Crippen LogP contribution in [0, 0.1) is 0 Å². The second-order valence-corrected chi connectivity index (χ2v) is 30.6. The van der Waals surface area contributed by atoms with Crippen LogP contribution in [-0.2, 0) is 33.2 Å². The van der Waals surface area contributed by atoms with Crippen molar-refractivity contribution in [1.29, 1.82) is 0 Å². The maximum absolute atomic E-state index is 13.5. The first-order chi connectivity index (χ1) is 51.3. The third-order valence-electron chi connectivity index (χ3n) is 21.3. The van der Waals surface area contributed by atoms with Gasteiger partial charge in [-0.2, -0.15) is 0 Å². The van der Waals surface area contributed by atoms with Gasteiger partial charge in [0, 0.05) is 6.42 Å². The SMILES string of the molecule is CCCCCCC/C=C\C/C=C\C/C=C\CCCCCCCCCCCCCCCCCCCCCCCCCCC(=O)NC(COC1OC(CO)C(OC2OC(CO)C(OC3OC(CO)C(O)C(O)C3O)C(O)C2O)C(O)C1O)C(O)/C=C/CC/C=C/CCCCCCCCCCCCCCCCC. The van der Waals surface area contributed by atoms with E-state index in [0.717, 1.165) is 51.4 Å². The summed E-state index contributed by atoms with van der Waals surface area (Å²) in [5.74, 6) is -0.280. The normalized spacial score (nSPS) is 26.0. The van der Waals surface area contributed by atoms with Crippen molar-refractivity contribution < 1.29 is 89.4 Å². The molecule has 19 heteroatoms. The summed E-state index contributed by atoms with van der Waals surface area (Å²) in [5, 5.41) is 121. The fourth-order valence-electron chi connectivity index (χ4n) is 14.4. The first kappa shape index (κ1) is 96.7. The van der Waals surface area contributed by atoms with Gasteiger partial charge in [0.25, 0.3) is 0 Å². The molecule has 0 aromatic rings. The Balaban J connectivity index is 1.31. The fraction of sp³-hybridized carbons (Fsp3) is 0.872. The lowest BCUT2D eigenvalue weighted by Crippen LogP contribution is -2.66. The van der Waals surface area contributed by atoms with Crippen LogP contribution in [0.4, 0.5) is 0 Å². The molecule has 3 heterocycles. The molecule has 0 aliphatic carbocycles. The molecule has 614 valence electrons. The predicted molar refractivity (Wildman–Crippen MR) is 420 cm³/mol. The molecular weight excluding hydrogens is 1330 g/mol. The fourth-order valence-corrected chi connectivity index (χ4v) is 14.4. The summed E-state index contributed by atoms with van der Waals surface area (Å²) < 4.78 is 34.5. The number of unbranched alkanes of at least 4 members (excludes halogenated alkanes) is 45. The zero-order valence-electron chi connectivity index (χ0n) is 66.0. The zero-order valence-corrected chi connectivity index (χ0v) is 66.0. The molecule has 1 amide bonds. The molecular formula is C86H157NO18. The van der Waals surface area contributed by atoms with Gasteiger partial charge in [0.15, 0.2) is 18.9 Å². The molecule has 0 aromatic carbocycles. The molecule has 0 bridgehead atoms. The molecule has 105 heavy (non-hydrogen) atoms. The maximum atomic E-state index is 13.5. The number of rotatable bonds is 69. The summed E-state index contributed by atoms with van der Waals surface area (Å²) in [7, 11) is 0.